The molecule has 1 aromatic carbocycles. The van der Waals surface area contributed by atoms with E-state index in [9.17, 15) is 9.90 Å². The van der Waals surface area contributed by atoms with E-state index in [0.717, 1.165) is 11.1 Å². The summed E-state index contributed by atoms with van der Waals surface area (Å²) in [6, 6.07) is 7.84. The van der Waals surface area contributed by atoms with E-state index in [0.29, 0.717) is 12.8 Å². The number of esters is 1. The standard InChI is InChI=1S/C13H16O3/c1-9-3-5-10(6-4-9)13(12(15)16-2)7-11(14)8-13/h3-6,11,14H,7-8H2,1-2H3. The molecule has 3 nitrogen and oxygen atoms in total. The molecule has 1 N–H and O–H groups in total. The number of hydrogen-bond donors (Lipinski definition) is 1. The van der Waals surface area contributed by atoms with Crippen LogP contribution in [0.5, 0.6) is 0 Å². The van der Waals surface area contributed by atoms with Crippen molar-refractivity contribution in [1.29, 1.82) is 0 Å². The summed E-state index contributed by atoms with van der Waals surface area (Å²) >= 11 is 0. The lowest BCUT2D eigenvalue weighted by Crippen LogP contribution is -2.51. The first-order valence-electron chi connectivity index (χ1n) is 5.42. The molecule has 86 valence electrons. The first-order chi connectivity index (χ1) is 7.58. The summed E-state index contributed by atoms with van der Waals surface area (Å²) in [4.78, 5) is 11.8. The van der Waals surface area contributed by atoms with Gasteiger partial charge in [0.2, 0.25) is 0 Å². The predicted octanol–water partition coefficient (Wildman–Crippen LogP) is 1.56. The van der Waals surface area contributed by atoms with Gasteiger partial charge in [0.15, 0.2) is 0 Å². The molecule has 1 aromatic rings. The highest BCUT2D eigenvalue weighted by molar-refractivity contribution is 5.84. The number of benzene rings is 1. The molecule has 3 heteroatoms. The SMILES string of the molecule is COC(=O)C1(c2ccc(C)cc2)CC(O)C1. The van der Waals surface area contributed by atoms with Gasteiger partial charge in [0.05, 0.1) is 18.6 Å². The lowest BCUT2D eigenvalue weighted by atomic mass is 9.62. The van der Waals surface area contributed by atoms with Gasteiger partial charge in [-0.05, 0) is 25.3 Å². The van der Waals surface area contributed by atoms with Gasteiger partial charge >= 0.3 is 5.97 Å². The Kier molecular flexibility index (Phi) is 2.72. The fourth-order valence-electron chi connectivity index (χ4n) is 2.33. The molecule has 2 rings (SSSR count). The Labute approximate surface area is 95.0 Å². The quantitative estimate of drug-likeness (QED) is 0.769. The van der Waals surface area contributed by atoms with Crippen LogP contribution in [0.25, 0.3) is 0 Å². The summed E-state index contributed by atoms with van der Waals surface area (Å²) < 4.78 is 4.84. The van der Waals surface area contributed by atoms with Crippen molar-refractivity contribution in [2.75, 3.05) is 7.11 Å². The second-order valence-electron chi connectivity index (χ2n) is 4.50. The van der Waals surface area contributed by atoms with Crippen molar-refractivity contribution in [3.8, 4) is 0 Å². The third-order valence-corrected chi connectivity index (χ3v) is 3.35. The van der Waals surface area contributed by atoms with Gasteiger partial charge in [-0.3, -0.25) is 4.79 Å². The van der Waals surface area contributed by atoms with Crippen molar-refractivity contribution in [2.45, 2.75) is 31.3 Å². The van der Waals surface area contributed by atoms with Crippen LogP contribution in [0.4, 0.5) is 0 Å². The van der Waals surface area contributed by atoms with Crippen LogP contribution in [0.15, 0.2) is 24.3 Å². The van der Waals surface area contributed by atoms with E-state index in [4.69, 9.17) is 4.74 Å². The summed E-state index contributed by atoms with van der Waals surface area (Å²) in [5, 5.41) is 9.44. The number of carbonyl (C=O) groups is 1. The molecule has 1 fully saturated rings. The minimum absolute atomic E-state index is 0.248. The highest BCUT2D eigenvalue weighted by Crippen LogP contribution is 2.44. The number of hydrogen-bond acceptors (Lipinski definition) is 3. The van der Waals surface area contributed by atoms with Crippen molar-refractivity contribution in [3.05, 3.63) is 35.4 Å². The average Bonchev–Trinajstić information content (AvgIpc) is 2.25. The van der Waals surface area contributed by atoms with Crippen LogP contribution >= 0.6 is 0 Å². The number of rotatable bonds is 2. The summed E-state index contributed by atoms with van der Waals surface area (Å²) in [6.45, 7) is 2.00. The van der Waals surface area contributed by atoms with Gasteiger partial charge in [0, 0.05) is 0 Å². The second-order valence-corrected chi connectivity index (χ2v) is 4.50. The van der Waals surface area contributed by atoms with Crippen molar-refractivity contribution in [1.82, 2.24) is 0 Å². The molecule has 0 unspecified atom stereocenters. The number of aryl methyl sites for hydroxylation is 1. The largest absolute Gasteiger partial charge is 0.468 e. The molecule has 0 amide bonds. The average molecular weight is 220 g/mol. The van der Waals surface area contributed by atoms with Gasteiger partial charge in [-0.15, -0.1) is 0 Å². The van der Waals surface area contributed by atoms with E-state index in [2.05, 4.69) is 0 Å². The van der Waals surface area contributed by atoms with E-state index >= 15 is 0 Å². The molecule has 0 spiro atoms. The number of aliphatic hydroxyl groups is 1. The van der Waals surface area contributed by atoms with Crippen LogP contribution in [0.2, 0.25) is 0 Å². The molecule has 0 atom stereocenters. The Morgan fingerprint density at radius 2 is 1.94 bits per heavy atom. The summed E-state index contributed by atoms with van der Waals surface area (Å²) in [5.41, 5.74) is 1.47. The van der Waals surface area contributed by atoms with E-state index in [-0.39, 0.29) is 12.1 Å². The highest BCUT2D eigenvalue weighted by atomic mass is 16.5. The number of aliphatic hydroxyl groups excluding tert-OH is 1. The Bertz CT molecular complexity index is 388. The zero-order valence-corrected chi connectivity index (χ0v) is 9.56. The van der Waals surface area contributed by atoms with E-state index < -0.39 is 5.41 Å². The maximum absolute atomic E-state index is 11.8. The van der Waals surface area contributed by atoms with Crippen molar-refractivity contribution in [3.63, 3.8) is 0 Å². The van der Waals surface area contributed by atoms with Crippen LogP contribution in [-0.2, 0) is 14.9 Å². The van der Waals surface area contributed by atoms with Gasteiger partial charge in [-0.25, -0.2) is 0 Å². The van der Waals surface area contributed by atoms with Gasteiger partial charge < -0.3 is 9.84 Å². The first-order valence-corrected chi connectivity index (χ1v) is 5.42. The lowest BCUT2D eigenvalue weighted by Gasteiger charge is -2.43. The number of carbonyl (C=O) groups excluding carboxylic acids is 1. The molecule has 1 aliphatic rings. The molecular formula is C13H16O3. The number of methoxy groups -OCH3 is 1. The fourth-order valence-corrected chi connectivity index (χ4v) is 2.33. The molecule has 0 bridgehead atoms. The molecule has 16 heavy (non-hydrogen) atoms. The van der Waals surface area contributed by atoms with Gasteiger partial charge in [0.1, 0.15) is 0 Å². The van der Waals surface area contributed by atoms with Crippen LogP contribution in [0.3, 0.4) is 0 Å². The molecule has 0 saturated heterocycles. The van der Waals surface area contributed by atoms with Gasteiger partial charge in [-0.1, -0.05) is 29.8 Å². The minimum Gasteiger partial charge on any atom is -0.468 e. The van der Waals surface area contributed by atoms with Crippen LogP contribution < -0.4 is 0 Å². The van der Waals surface area contributed by atoms with Crippen molar-refractivity contribution >= 4 is 5.97 Å². The molecule has 0 aliphatic heterocycles. The molecule has 0 aromatic heterocycles. The molecule has 1 saturated carbocycles. The van der Waals surface area contributed by atoms with Gasteiger partial charge in [0.25, 0.3) is 0 Å². The van der Waals surface area contributed by atoms with Crippen molar-refractivity contribution in [2.24, 2.45) is 0 Å². The Morgan fingerprint density at radius 3 is 2.38 bits per heavy atom. The predicted molar refractivity (Wildman–Crippen MR) is 60.1 cm³/mol. The topological polar surface area (TPSA) is 46.5 Å². The molecule has 0 radical (unpaired) electrons. The third kappa shape index (κ3) is 1.61. The molecular weight excluding hydrogens is 204 g/mol. The van der Waals surface area contributed by atoms with E-state index in [1.54, 1.807) is 0 Å². The third-order valence-electron chi connectivity index (χ3n) is 3.35. The van der Waals surface area contributed by atoms with Crippen molar-refractivity contribution < 1.29 is 14.6 Å². The lowest BCUT2D eigenvalue weighted by molar-refractivity contribution is -0.156. The van der Waals surface area contributed by atoms with Gasteiger partial charge in [-0.2, -0.15) is 0 Å². The zero-order valence-electron chi connectivity index (χ0n) is 9.56. The Hall–Kier alpha value is -1.35. The van der Waals surface area contributed by atoms with Crippen LogP contribution in [0, 0.1) is 6.92 Å². The van der Waals surface area contributed by atoms with Crippen LogP contribution in [0.1, 0.15) is 24.0 Å². The fraction of sp³-hybridized carbons (Fsp3) is 0.462. The normalized spacial score (nSPS) is 28.3. The highest BCUT2D eigenvalue weighted by Gasteiger charge is 2.51. The number of ether oxygens (including phenoxy) is 1. The molecule has 1 aliphatic carbocycles. The Balaban J connectivity index is 2.34. The van der Waals surface area contributed by atoms with E-state index in [1.807, 2.05) is 31.2 Å². The molecule has 0 heterocycles. The Morgan fingerprint density at radius 1 is 1.38 bits per heavy atom. The zero-order chi connectivity index (χ0) is 11.8. The smallest absolute Gasteiger partial charge is 0.316 e. The first kappa shape index (κ1) is 11.1. The maximum Gasteiger partial charge on any atom is 0.316 e. The van der Waals surface area contributed by atoms with Crippen LogP contribution in [-0.4, -0.2) is 24.3 Å². The maximum atomic E-state index is 11.8. The monoisotopic (exact) mass is 220 g/mol. The second kappa shape index (κ2) is 3.91. The summed E-state index contributed by atoms with van der Waals surface area (Å²) in [7, 11) is 1.39. The summed E-state index contributed by atoms with van der Waals surface area (Å²) in [6.07, 6.45) is 0.534. The summed E-state index contributed by atoms with van der Waals surface area (Å²) in [5.74, 6) is -0.248. The minimum atomic E-state index is -0.623. The van der Waals surface area contributed by atoms with E-state index in [1.165, 1.54) is 7.11 Å².